The summed E-state index contributed by atoms with van der Waals surface area (Å²) in [6, 6.07) is 4.46. The summed E-state index contributed by atoms with van der Waals surface area (Å²) in [7, 11) is 2.15. The van der Waals surface area contributed by atoms with Gasteiger partial charge in [-0.2, -0.15) is 0 Å². The molecule has 21 heavy (non-hydrogen) atoms. The summed E-state index contributed by atoms with van der Waals surface area (Å²) in [6.45, 7) is 16.3. The van der Waals surface area contributed by atoms with E-state index in [1.807, 2.05) is 0 Å². The second-order valence-electron chi connectivity index (χ2n) is 7.14. The number of pyridine rings is 1. The fourth-order valence-corrected chi connectivity index (χ4v) is 2.21. The van der Waals surface area contributed by atoms with E-state index >= 15 is 0 Å². The molecule has 0 fully saturated rings. The largest absolute Gasteiger partial charge is 0.359 e. The molecule has 3 heteroatoms. The van der Waals surface area contributed by atoms with Crippen LogP contribution in [0.25, 0.3) is 0 Å². The Hall–Kier alpha value is -1.09. The lowest BCUT2D eigenvalue weighted by atomic mass is 9.90. The van der Waals surface area contributed by atoms with Crippen LogP contribution in [0.1, 0.15) is 59.2 Å². The van der Waals surface area contributed by atoms with Crippen LogP contribution in [0.4, 0.5) is 5.82 Å². The Kier molecular flexibility index (Phi) is 6.66. The fourth-order valence-electron chi connectivity index (χ4n) is 2.21. The first-order valence-electron chi connectivity index (χ1n) is 8.21. The Morgan fingerprint density at radius 1 is 1.24 bits per heavy atom. The first-order valence-corrected chi connectivity index (χ1v) is 8.21. The predicted molar refractivity (Wildman–Crippen MR) is 93.0 cm³/mol. The molecule has 1 N–H and O–H groups in total. The summed E-state index contributed by atoms with van der Waals surface area (Å²) in [5.74, 6) is 1.78. The summed E-state index contributed by atoms with van der Waals surface area (Å²) in [5, 5.41) is 3.42. The highest BCUT2D eigenvalue weighted by Crippen LogP contribution is 2.25. The molecular weight excluding hydrogens is 258 g/mol. The minimum atomic E-state index is 0.0776. The van der Waals surface area contributed by atoms with Crippen LogP contribution in [0.2, 0.25) is 0 Å². The van der Waals surface area contributed by atoms with Crippen molar-refractivity contribution in [1.29, 1.82) is 0 Å². The van der Waals surface area contributed by atoms with E-state index in [2.05, 4.69) is 70.9 Å². The summed E-state index contributed by atoms with van der Waals surface area (Å²) in [6.07, 6.45) is 1.20. The van der Waals surface area contributed by atoms with Gasteiger partial charge in [0, 0.05) is 31.2 Å². The third-order valence-corrected chi connectivity index (χ3v) is 3.89. The molecule has 0 saturated heterocycles. The maximum absolute atomic E-state index is 4.90. The first kappa shape index (κ1) is 18.0. The average Bonchev–Trinajstić information content (AvgIpc) is 2.43. The molecule has 0 aromatic carbocycles. The number of rotatable bonds is 7. The lowest BCUT2D eigenvalue weighted by molar-refractivity contribution is 0.548. The summed E-state index contributed by atoms with van der Waals surface area (Å²) in [4.78, 5) is 7.19. The molecular formula is C18H33N3. The van der Waals surface area contributed by atoms with E-state index in [4.69, 9.17) is 4.98 Å². The highest BCUT2D eigenvalue weighted by Gasteiger charge is 2.18. The van der Waals surface area contributed by atoms with Crippen molar-refractivity contribution in [2.45, 2.75) is 59.9 Å². The van der Waals surface area contributed by atoms with Gasteiger partial charge in [0.15, 0.2) is 0 Å². The maximum atomic E-state index is 4.90. The maximum Gasteiger partial charge on any atom is 0.128 e. The summed E-state index contributed by atoms with van der Waals surface area (Å²) in [5.41, 5.74) is 2.57. The molecule has 120 valence electrons. The van der Waals surface area contributed by atoms with Crippen LogP contribution in [0, 0.1) is 5.92 Å². The van der Waals surface area contributed by atoms with E-state index in [1.165, 1.54) is 17.7 Å². The number of aromatic nitrogens is 1. The van der Waals surface area contributed by atoms with Gasteiger partial charge in [-0.25, -0.2) is 4.98 Å². The second kappa shape index (κ2) is 7.79. The van der Waals surface area contributed by atoms with E-state index in [1.54, 1.807) is 0 Å². The molecule has 1 unspecified atom stereocenters. The highest BCUT2D eigenvalue weighted by molar-refractivity contribution is 5.43. The summed E-state index contributed by atoms with van der Waals surface area (Å²) < 4.78 is 0. The van der Waals surface area contributed by atoms with Crippen molar-refractivity contribution in [3.05, 3.63) is 23.4 Å². The third-order valence-electron chi connectivity index (χ3n) is 3.89. The van der Waals surface area contributed by atoms with E-state index in [0.717, 1.165) is 25.5 Å². The zero-order valence-corrected chi connectivity index (χ0v) is 15.0. The van der Waals surface area contributed by atoms with Gasteiger partial charge in [-0.15, -0.1) is 0 Å². The molecule has 1 aromatic rings. The van der Waals surface area contributed by atoms with Crippen molar-refractivity contribution >= 4 is 5.82 Å². The second-order valence-corrected chi connectivity index (χ2v) is 7.14. The SMILES string of the molecule is CCNCc1cc(N(C)CC(C)CC)nc(C(C)(C)C)c1. The molecule has 1 rings (SSSR count). The molecule has 1 aromatic heterocycles. The predicted octanol–water partition coefficient (Wildman–Crippen LogP) is 3.97. The zero-order valence-electron chi connectivity index (χ0n) is 15.0. The number of anilines is 1. The fraction of sp³-hybridized carbons (Fsp3) is 0.722. The van der Waals surface area contributed by atoms with Crippen molar-refractivity contribution in [2.24, 2.45) is 5.92 Å². The molecule has 0 amide bonds. The van der Waals surface area contributed by atoms with E-state index < -0.39 is 0 Å². The molecule has 0 aliphatic heterocycles. The van der Waals surface area contributed by atoms with Crippen LogP contribution in [0.3, 0.4) is 0 Å². The zero-order chi connectivity index (χ0) is 16.0. The van der Waals surface area contributed by atoms with Crippen molar-refractivity contribution in [1.82, 2.24) is 10.3 Å². The van der Waals surface area contributed by atoms with Crippen LogP contribution in [-0.4, -0.2) is 25.1 Å². The first-order chi connectivity index (χ1) is 9.77. The minimum absolute atomic E-state index is 0.0776. The summed E-state index contributed by atoms with van der Waals surface area (Å²) >= 11 is 0. The van der Waals surface area contributed by atoms with Crippen molar-refractivity contribution in [3.8, 4) is 0 Å². The molecule has 1 atom stereocenters. The highest BCUT2D eigenvalue weighted by atomic mass is 15.2. The Morgan fingerprint density at radius 3 is 2.43 bits per heavy atom. The smallest absolute Gasteiger partial charge is 0.128 e. The lowest BCUT2D eigenvalue weighted by Crippen LogP contribution is -2.26. The van der Waals surface area contributed by atoms with Gasteiger partial charge in [0.25, 0.3) is 0 Å². The van der Waals surface area contributed by atoms with E-state index in [0.29, 0.717) is 5.92 Å². The Morgan fingerprint density at radius 2 is 1.90 bits per heavy atom. The number of nitrogens with one attached hydrogen (secondary N) is 1. The van der Waals surface area contributed by atoms with Crippen LogP contribution in [0.15, 0.2) is 12.1 Å². The van der Waals surface area contributed by atoms with Gasteiger partial charge in [0.05, 0.1) is 0 Å². The quantitative estimate of drug-likeness (QED) is 0.824. The van der Waals surface area contributed by atoms with E-state index in [9.17, 15) is 0 Å². The van der Waals surface area contributed by atoms with Gasteiger partial charge in [-0.05, 0) is 30.2 Å². The molecule has 0 radical (unpaired) electrons. The molecule has 0 saturated carbocycles. The normalized spacial score (nSPS) is 13.3. The van der Waals surface area contributed by atoms with Crippen LogP contribution in [-0.2, 0) is 12.0 Å². The van der Waals surface area contributed by atoms with Crippen LogP contribution in [0.5, 0.6) is 0 Å². The van der Waals surface area contributed by atoms with Gasteiger partial charge in [-0.1, -0.05) is 48.0 Å². The van der Waals surface area contributed by atoms with Gasteiger partial charge < -0.3 is 10.2 Å². The van der Waals surface area contributed by atoms with Gasteiger partial charge in [0.1, 0.15) is 5.82 Å². The number of hydrogen-bond acceptors (Lipinski definition) is 3. The van der Waals surface area contributed by atoms with Gasteiger partial charge >= 0.3 is 0 Å². The van der Waals surface area contributed by atoms with Crippen molar-refractivity contribution < 1.29 is 0 Å². The molecule has 1 heterocycles. The van der Waals surface area contributed by atoms with Crippen LogP contribution >= 0.6 is 0 Å². The van der Waals surface area contributed by atoms with Crippen LogP contribution < -0.4 is 10.2 Å². The number of hydrogen-bond donors (Lipinski definition) is 1. The van der Waals surface area contributed by atoms with E-state index in [-0.39, 0.29) is 5.41 Å². The monoisotopic (exact) mass is 291 g/mol. The molecule has 0 spiro atoms. The standard InChI is InChI=1S/C18H33N3/c1-8-14(3)13-21(7)17-11-15(12-19-9-2)10-16(20-17)18(4,5)6/h10-11,14,19H,8-9,12-13H2,1-7H3. The van der Waals surface area contributed by atoms with Gasteiger partial charge in [0.2, 0.25) is 0 Å². The Labute approximate surface area is 131 Å². The lowest BCUT2D eigenvalue weighted by Gasteiger charge is -2.26. The molecule has 0 aliphatic carbocycles. The van der Waals surface area contributed by atoms with Crippen molar-refractivity contribution in [2.75, 3.05) is 25.0 Å². The minimum Gasteiger partial charge on any atom is -0.359 e. The number of nitrogens with zero attached hydrogens (tertiary/aromatic N) is 2. The van der Waals surface area contributed by atoms with Gasteiger partial charge in [-0.3, -0.25) is 0 Å². The Bertz CT molecular complexity index is 435. The topological polar surface area (TPSA) is 28.2 Å². The molecule has 3 nitrogen and oxygen atoms in total. The van der Waals surface area contributed by atoms with Crippen molar-refractivity contribution in [3.63, 3.8) is 0 Å². The average molecular weight is 291 g/mol. The molecule has 0 aliphatic rings. The molecule has 0 bridgehead atoms. The Balaban J connectivity index is 3.06. The third kappa shape index (κ3) is 5.66.